The molecule has 1 rings (SSSR count). The number of amides is 1. The van der Waals surface area contributed by atoms with Gasteiger partial charge in [-0.2, -0.15) is 0 Å². The monoisotopic (exact) mass is 239 g/mol. The molecule has 0 unspecified atom stereocenters. The van der Waals surface area contributed by atoms with Crippen LogP contribution in [0, 0.1) is 0 Å². The van der Waals surface area contributed by atoms with E-state index in [1.807, 2.05) is 7.05 Å². The van der Waals surface area contributed by atoms with Gasteiger partial charge in [0.25, 0.3) is 0 Å². The molecule has 2 nitrogen and oxygen atoms in total. The summed E-state index contributed by atoms with van der Waals surface area (Å²) in [4.78, 5) is 13.2. The second-order valence-corrected chi connectivity index (χ2v) is 4.24. The molecule has 88 valence electrons. The summed E-state index contributed by atoms with van der Waals surface area (Å²) in [5, 5.41) is 0. The minimum atomic E-state index is 0.0922. The highest BCUT2D eigenvalue weighted by atomic mass is 35.5. The Morgan fingerprint density at radius 3 is 2.31 bits per heavy atom. The number of carbonyl (C=O) groups excluding carboxylic acids is 1. The fraction of sp³-hybridized carbons (Fsp3) is 0.462. The van der Waals surface area contributed by atoms with E-state index in [2.05, 4.69) is 31.2 Å². The van der Waals surface area contributed by atoms with Gasteiger partial charge in [0, 0.05) is 25.9 Å². The lowest BCUT2D eigenvalue weighted by atomic mass is 10.1. The minimum Gasteiger partial charge on any atom is -0.341 e. The van der Waals surface area contributed by atoms with Crippen molar-refractivity contribution in [3.05, 3.63) is 35.4 Å². The summed E-state index contributed by atoms with van der Waals surface area (Å²) in [6, 6.07) is 8.36. The fourth-order valence-corrected chi connectivity index (χ4v) is 1.68. The van der Waals surface area contributed by atoms with E-state index in [0.717, 1.165) is 12.0 Å². The Morgan fingerprint density at radius 2 is 1.81 bits per heavy atom. The Morgan fingerprint density at radius 1 is 1.25 bits per heavy atom. The Kier molecular flexibility index (Phi) is 5.33. The number of rotatable bonds is 5. The quantitative estimate of drug-likeness (QED) is 0.724. The number of nitrogens with zero attached hydrogens (tertiary/aromatic N) is 1. The van der Waals surface area contributed by atoms with E-state index >= 15 is 0 Å². The Bertz CT molecular complexity index is 334. The van der Waals surface area contributed by atoms with Crippen molar-refractivity contribution < 1.29 is 4.79 Å². The molecule has 1 aromatic rings. The molecule has 0 aliphatic rings. The number of carbonyl (C=O) groups is 1. The molecule has 0 aliphatic heterocycles. The van der Waals surface area contributed by atoms with E-state index in [-0.39, 0.29) is 5.91 Å². The summed E-state index contributed by atoms with van der Waals surface area (Å²) in [6.07, 6.45) is 1.45. The molecule has 0 atom stereocenters. The SMILES string of the molecule is CCc1ccc(CN(C)C(=O)CCCl)cc1. The molecule has 1 amide bonds. The van der Waals surface area contributed by atoms with Gasteiger partial charge in [-0.05, 0) is 17.5 Å². The number of hydrogen-bond acceptors (Lipinski definition) is 1. The molecule has 0 aromatic heterocycles. The van der Waals surface area contributed by atoms with Crippen LogP contribution in [-0.4, -0.2) is 23.7 Å². The van der Waals surface area contributed by atoms with E-state index in [1.54, 1.807) is 4.90 Å². The predicted octanol–water partition coefficient (Wildman–Crippen LogP) is 2.84. The number of aryl methyl sites for hydroxylation is 1. The highest BCUT2D eigenvalue weighted by Crippen LogP contribution is 2.08. The molecule has 16 heavy (non-hydrogen) atoms. The van der Waals surface area contributed by atoms with Crippen molar-refractivity contribution >= 4 is 17.5 Å². The standard InChI is InChI=1S/C13H18ClNO/c1-3-11-4-6-12(7-5-11)10-15(2)13(16)8-9-14/h4-7H,3,8-10H2,1-2H3. The largest absolute Gasteiger partial charge is 0.341 e. The van der Waals surface area contributed by atoms with Gasteiger partial charge in [0.05, 0.1) is 0 Å². The third-order valence-electron chi connectivity index (χ3n) is 2.59. The van der Waals surface area contributed by atoms with Crippen LogP contribution in [0.2, 0.25) is 0 Å². The van der Waals surface area contributed by atoms with Gasteiger partial charge in [-0.15, -0.1) is 11.6 Å². The molecule has 3 heteroatoms. The molecule has 0 saturated heterocycles. The molecule has 1 aromatic carbocycles. The van der Waals surface area contributed by atoms with E-state index in [9.17, 15) is 4.79 Å². The lowest BCUT2D eigenvalue weighted by Gasteiger charge is -2.16. The first kappa shape index (κ1) is 13.0. The van der Waals surface area contributed by atoms with Crippen LogP contribution in [0.3, 0.4) is 0 Å². The first-order valence-electron chi connectivity index (χ1n) is 5.55. The molecule has 0 saturated carbocycles. The first-order chi connectivity index (χ1) is 7.67. The van der Waals surface area contributed by atoms with Gasteiger partial charge in [-0.25, -0.2) is 0 Å². The summed E-state index contributed by atoms with van der Waals surface area (Å²) in [5.41, 5.74) is 2.47. The molecule has 0 heterocycles. The summed E-state index contributed by atoms with van der Waals surface area (Å²) < 4.78 is 0. The van der Waals surface area contributed by atoms with Gasteiger partial charge >= 0.3 is 0 Å². The molecular formula is C13H18ClNO. The van der Waals surface area contributed by atoms with Gasteiger partial charge in [0.2, 0.25) is 5.91 Å². The maximum atomic E-state index is 11.5. The number of alkyl halides is 1. The summed E-state index contributed by atoms with van der Waals surface area (Å²) in [5.74, 6) is 0.479. The number of hydrogen-bond donors (Lipinski definition) is 0. The van der Waals surface area contributed by atoms with Crippen LogP contribution in [-0.2, 0) is 17.8 Å². The maximum absolute atomic E-state index is 11.5. The van der Waals surface area contributed by atoms with Gasteiger partial charge in [0.1, 0.15) is 0 Å². The minimum absolute atomic E-state index is 0.0922. The van der Waals surface area contributed by atoms with Gasteiger partial charge < -0.3 is 4.90 Å². The van der Waals surface area contributed by atoms with Crippen molar-refractivity contribution in [3.8, 4) is 0 Å². The molecule has 0 aliphatic carbocycles. The van der Waals surface area contributed by atoms with Crippen molar-refractivity contribution in [2.24, 2.45) is 0 Å². The van der Waals surface area contributed by atoms with Crippen LogP contribution < -0.4 is 0 Å². The smallest absolute Gasteiger partial charge is 0.223 e. The first-order valence-corrected chi connectivity index (χ1v) is 6.08. The van der Waals surface area contributed by atoms with Crippen LogP contribution in [0.25, 0.3) is 0 Å². The Balaban J connectivity index is 2.55. The zero-order valence-corrected chi connectivity index (χ0v) is 10.6. The van der Waals surface area contributed by atoms with Gasteiger partial charge in [0.15, 0.2) is 0 Å². The van der Waals surface area contributed by atoms with E-state index in [4.69, 9.17) is 11.6 Å². The lowest BCUT2D eigenvalue weighted by Crippen LogP contribution is -2.26. The highest BCUT2D eigenvalue weighted by Gasteiger charge is 2.07. The zero-order valence-electron chi connectivity index (χ0n) is 9.87. The number of benzene rings is 1. The molecule has 0 radical (unpaired) electrons. The zero-order chi connectivity index (χ0) is 12.0. The molecular weight excluding hydrogens is 222 g/mol. The second-order valence-electron chi connectivity index (χ2n) is 3.86. The number of halogens is 1. The van der Waals surface area contributed by atoms with Crippen LogP contribution in [0.15, 0.2) is 24.3 Å². The molecule has 0 spiro atoms. The topological polar surface area (TPSA) is 20.3 Å². The van der Waals surface area contributed by atoms with Crippen LogP contribution in [0.1, 0.15) is 24.5 Å². The Labute approximate surface area is 102 Å². The van der Waals surface area contributed by atoms with Crippen LogP contribution in [0.5, 0.6) is 0 Å². The Hall–Kier alpha value is -1.02. The van der Waals surface area contributed by atoms with E-state index in [0.29, 0.717) is 18.8 Å². The second kappa shape index (κ2) is 6.54. The molecule has 0 fully saturated rings. The van der Waals surface area contributed by atoms with Crippen LogP contribution >= 0.6 is 11.6 Å². The predicted molar refractivity (Wildman–Crippen MR) is 67.6 cm³/mol. The third-order valence-corrected chi connectivity index (χ3v) is 2.77. The van der Waals surface area contributed by atoms with Crippen molar-refractivity contribution in [1.82, 2.24) is 4.90 Å². The highest BCUT2D eigenvalue weighted by molar-refractivity contribution is 6.18. The van der Waals surface area contributed by atoms with Crippen molar-refractivity contribution in [1.29, 1.82) is 0 Å². The molecule has 0 N–H and O–H groups in total. The average molecular weight is 240 g/mol. The summed E-state index contributed by atoms with van der Waals surface area (Å²) in [7, 11) is 1.81. The third kappa shape index (κ3) is 3.86. The fourth-order valence-electron chi connectivity index (χ4n) is 1.51. The normalized spacial score (nSPS) is 10.2. The van der Waals surface area contributed by atoms with E-state index < -0.39 is 0 Å². The van der Waals surface area contributed by atoms with Crippen molar-refractivity contribution in [3.63, 3.8) is 0 Å². The lowest BCUT2D eigenvalue weighted by molar-refractivity contribution is -0.129. The molecule has 0 bridgehead atoms. The maximum Gasteiger partial charge on any atom is 0.223 e. The summed E-state index contributed by atoms with van der Waals surface area (Å²) in [6.45, 7) is 2.78. The van der Waals surface area contributed by atoms with Crippen LogP contribution in [0.4, 0.5) is 0 Å². The van der Waals surface area contributed by atoms with Crippen molar-refractivity contribution in [2.75, 3.05) is 12.9 Å². The average Bonchev–Trinajstić information content (AvgIpc) is 2.30. The van der Waals surface area contributed by atoms with Gasteiger partial charge in [-0.1, -0.05) is 31.2 Å². The summed E-state index contributed by atoms with van der Waals surface area (Å²) >= 11 is 5.54. The van der Waals surface area contributed by atoms with E-state index in [1.165, 1.54) is 5.56 Å². The van der Waals surface area contributed by atoms with Gasteiger partial charge in [-0.3, -0.25) is 4.79 Å². The van der Waals surface area contributed by atoms with Crippen molar-refractivity contribution in [2.45, 2.75) is 26.3 Å².